The van der Waals surface area contributed by atoms with Crippen molar-refractivity contribution in [3.63, 3.8) is 0 Å². The third-order valence-electron chi connectivity index (χ3n) is 1.66. The minimum atomic E-state index is -4.26. The van der Waals surface area contributed by atoms with Gasteiger partial charge in [-0.05, 0) is 0 Å². The van der Waals surface area contributed by atoms with Gasteiger partial charge in [0, 0.05) is 11.8 Å². The van der Waals surface area contributed by atoms with Crippen molar-refractivity contribution in [2.75, 3.05) is 13.2 Å². The summed E-state index contributed by atoms with van der Waals surface area (Å²) >= 11 is 0. The molecule has 1 saturated heterocycles. The molecule has 1 rings (SSSR count). The third-order valence-corrected chi connectivity index (χ3v) is 2.54. The van der Waals surface area contributed by atoms with Crippen LogP contribution in [0.5, 0.6) is 0 Å². The summed E-state index contributed by atoms with van der Waals surface area (Å²) < 4.78 is 31.9. The van der Waals surface area contributed by atoms with Crippen LogP contribution < -0.4 is 0 Å². The maximum Gasteiger partial charge on any atom is 0.513 e. The Morgan fingerprint density at radius 1 is 1.67 bits per heavy atom. The number of rotatable bonds is 1. The van der Waals surface area contributed by atoms with E-state index in [2.05, 4.69) is 15.0 Å². The Labute approximate surface area is 70.9 Å². The lowest BCUT2D eigenvalue weighted by Gasteiger charge is -2.31. The van der Waals surface area contributed by atoms with E-state index < -0.39 is 13.3 Å². The Morgan fingerprint density at radius 2 is 2.17 bits per heavy atom. The molecule has 0 aromatic carbocycles. The van der Waals surface area contributed by atoms with Crippen molar-refractivity contribution in [3.8, 4) is 12.3 Å². The summed E-state index contributed by atoms with van der Waals surface area (Å²) in [6, 6.07) is 0. The van der Waals surface area contributed by atoms with E-state index >= 15 is 0 Å². The highest BCUT2D eigenvalue weighted by molar-refractivity contribution is 7.48. The van der Waals surface area contributed by atoms with E-state index in [1.807, 2.05) is 0 Å². The highest BCUT2D eigenvalue weighted by Crippen LogP contribution is 2.55. The highest BCUT2D eigenvalue weighted by Gasteiger charge is 2.39. The summed E-state index contributed by atoms with van der Waals surface area (Å²) in [7, 11) is -4.26. The van der Waals surface area contributed by atoms with E-state index in [1.54, 1.807) is 6.92 Å². The Balaban J connectivity index is 2.56. The first kappa shape index (κ1) is 9.73. The molecule has 0 amide bonds. The van der Waals surface area contributed by atoms with Gasteiger partial charge in [-0.15, -0.1) is 16.5 Å². The molecule has 1 aliphatic heterocycles. The van der Waals surface area contributed by atoms with E-state index in [4.69, 9.17) is 6.42 Å². The molecule has 3 nitrogen and oxygen atoms in total. The van der Waals surface area contributed by atoms with Crippen molar-refractivity contribution < 1.29 is 17.8 Å². The van der Waals surface area contributed by atoms with Gasteiger partial charge in [0.15, 0.2) is 0 Å². The van der Waals surface area contributed by atoms with Gasteiger partial charge in [0.1, 0.15) is 0 Å². The molecule has 1 aliphatic rings. The standard InChI is InChI=1S/C7H10FO3P/c1-3-4-7(2)5-10-12(8,9)11-6-7/h1H,4-6H2,2H3. The second-order valence-electron chi connectivity index (χ2n) is 3.17. The molecule has 0 radical (unpaired) electrons. The molecule has 68 valence electrons. The van der Waals surface area contributed by atoms with Crippen LogP contribution in [-0.4, -0.2) is 13.2 Å². The largest absolute Gasteiger partial charge is 0.513 e. The van der Waals surface area contributed by atoms with Gasteiger partial charge in [0.05, 0.1) is 13.2 Å². The molecule has 5 heteroatoms. The highest BCUT2D eigenvalue weighted by atomic mass is 31.2. The fraction of sp³-hybridized carbons (Fsp3) is 0.714. The van der Waals surface area contributed by atoms with Gasteiger partial charge in [-0.2, -0.15) is 0 Å². The van der Waals surface area contributed by atoms with E-state index in [1.165, 1.54) is 0 Å². The Morgan fingerprint density at radius 3 is 2.58 bits per heavy atom. The van der Waals surface area contributed by atoms with Crippen molar-refractivity contribution in [2.45, 2.75) is 13.3 Å². The van der Waals surface area contributed by atoms with E-state index in [0.717, 1.165) is 0 Å². The predicted octanol–water partition coefficient (Wildman–Crippen LogP) is 2.14. The van der Waals surface area contributed by atoms with Crippen molar-refractivity contribution in [3.05, 3.63) is 0 Å². The monoisotopic (exact) mass is 192 g/mol. The molecular formula is C7H10FO3P. The smallest absolute Gasteiger partial charge is 0.283 e. The van der Waals surface area contributed by atoms with Crippen LogP contribution in [0.3, 0.4) is 0 Å². The molecule has 1 fully saturated rings. The molecule has 1 heterocycles. The maximum absolute atomic E-state index is 12.5. The second kappa shape index (κ2) is 3.18. The summed E-state index contributed by atoms with van der Waals surface area (Å²) in [4.78, 5) is 0. The summed E-state index contributed by atoms with van der Waals surface area (Å²) in [6.45, 7) is 1.89. The Kier molecular flexibility index (Phi) is 2.58. The van der Waals surface area contributed by atoms with Crippen molar-refractivity contribution >= 4 is 7.91 Å². The van der Waals surface area contributed by atoms with Crippen molar-refractivity contribution in [2.24, 2.45) is 5.41 Å². The van der Waals surface area contributed by atoms with Gasteiger partial charge in [-0.25, -0.2) is 4.57 Å². The van der Waals surface area contributed by atoms with Gasteiger partial charge in [-0.1, -0.05) is 6.92 Å². The van der Waals surface area contributed by atoms with Crippen LogP contribution in [0.2, 0.25) is 0 Å². The van der Waals surface area contributed by atoms with Crippen molar-refractivity contribution in [1.29, 1.82) is 0 Å². The molecule has 0 aromatic rings. The molecule has 0 saturated carbocycles. The van der Waals surface area contributed by atoms with Gasteiger partial charge in [0.25, 0.3) is 0 Å². The molecule has 0 aliphatic carbocycles. The molecule has 0 aromatic heterocycles. The lowest BCUT2D eigenvalue weighted by molar-refractivity contribution is 0.0183. The van der Waals surface area contributed by atoms with Gasteiger partial charge >= 0.3 is 7.91 Å². The Hall–Kier alpha value is -0.360. The fourth-order valence-electron chi connectivity index (χ4n) is 0.893. The van der Waals surface area contributed by atoms with E-state index in [9.17, 15) is 8.76 Å². The van der Waals surface area contributed by atoms with Crippen LogP contribution in [0.15, 0.2) is 0 Å². The minimum absolute atomic E-state index is 0.0466. The number of terminal acetylenes is 1. The normalized spacial score (nSPS) is 42.1. The van der Waals surface area contributed by atoms with Crippen LogP contribution in [0.4, 0.5) is 4.20 Å². The first-order chi connectivity index (χ1) is 5.47. The maximum atomic E-state index is 12.5. The first-order valence-corrected chi connectivity index (χ1v) is 4.93. The third kappa shape index (κ3) is 2.31. The zero-order valence-electron chi connectivity index (χ0n) is 6.75. The van der Waals surface area contributed by atoms with Crippen LogP contribution in [-0.2, 0) is 13.6 Å². The second-order valence-corrected chi connectivity index (χ2v) is 4.55. The SMILES string of the molecule is C#CCC1(C)COP(=O)(F)OC1. The summed E-state index contributed by atoms with van der Waals surface area (Å²) in [5, 5.41) is 0. The molecule has 0 spiro atoms. The topological polar surface area (TPSA) is 35.5 Å². The number of halogens is 1. The predicted molar refractivity (Wildman–Crippen MR) is 42.2 cm³/mol. The molecule has 0 atom stereocenters. The van der Waals surface area contributed by atoms with E-state index in [0.29, 0.717) is 6.42 Å². The molecule has 0 bridgehead atoms. The van der Waals surface area contributed by atoms with Crippen LogP contribution >= 0.6 is 7.91 Å². The fourth-order valence-corrected chi connectivity index (χ4v) is 1.90. The zero-order chi connectivity index (χ0) is 9.24. The minimum Gasteiger partial charge on any atom is -0.283 e. The van der Waals surface area contributed by atoms with Crippen LogP contribution in [0.1, 0.15) is 13.3 Å². The first-order valence-electron chi connectivity index (χ1n) is 3.50. The lowest BCUT2D eigenvalue weighted by atomic mass is 9.89. The number of hydrogen-bond acceptors (Lipinski definition) is 3. The Bertz CT molecular complexity index is 246. The number of hydrogen-bond donors (Lipinski definition) is 0. The van der Waals surface area contributed by atoms with Crippen LogP contribution in [0.25, 0.3) is 0 Å². The van der Waals surface area contributed by atoms with Crippen LogP contribution in [0, 0.1) is 17.8 Å². The summed E-state index contributed by atoms with van der Waals surface area (Å²) in [5.41, 5.74) is -0.408. The van der Waals surface area contributed by atoms with Gasteiger partial charge in [-0.3, -0.25) is 9.05 Å². The van der Waals surface area contributed by atoms with E-state index in [-0.39, 0.29) is 13.2 Å². The molecule has 0 N–H and O–H groups in total. The zero-order valence-corrected chi connectivity index (χ0v) is 7.64. The molecular weight excluding hydrogens is 182 g/mol. The summed E-state index contributed by atoms with van der Waals surface area (Å²) in [5.74, 6) is 2.43. The molecule has 0 unspecified atom stereocenters. The molecule has 12 heavy (non-hydrogen) atoms. The summed E-state index contributed by atoms with van der Waals surface area (Å²) in [6.07, 6.45) is 5.51. The van der Waals surface area contributed by atoms with Gasteiger partial charge < -0.3 is 0 Å². The average molecular weight is 192 g/mol. The quantitative estimate of drug-likeness (QED) is 0.471. The lowest BCUT2D eigenvalue weighted by Crippen LogP contribution is -2.31. The van der Waals surface area contributed by atoms with Crippen molar-refractivity contribution in [1.82, 2.24) is 0 Å². The van der Waals surface area contributed by atoms with Gasteiger partial charge in [0.2, 0.25) is 0 Å². The average Bonchev–Trinajstić information content (AvgIpc) is 1.98.